The normalized spacial score (nSPS) is 10.4. The summed E-state index contributed by atoms with van der Waals surface area (Å²) in [6.07, 6.45) is 3.68. The van der Waals surface area contributed by atoms with Crippen molar-refractivity contribution in [3.05, 3.63) is 132 Å². The van der Waals surface area contributed by atoms with Crippen molar-refractivity contribution in [2.45, 2.75) is 26.9 Å². The van der Waals surface area contributed by atoms with Crippen molar-refractivity contribution in [1.82, 2.24) is 9.97 Å². The highest BCUT2D eigenvalue weighted by atomic mass is 35.5. The summed E-state index contributed by atoms with van der Waals surface area (Å²) < 4.78 is 0. The van der Waals surface area contributed by atoms with E-state index in [9.17, 15) is 4.79 Å². The van der Waals surface area contributed by atoms with Gasteiger partial charge in [-0.1, -0.05) is 60.7 Å². The van der Waals surface area contributed by atoms with E-state index in [0.717, 1.165) is 63.1 Å². The Bertz CT molecular complexity index is 2060. The molecular formula is C36H43ClN12O. The number of ketones is 1. The van der Waals surface area contributed by atoms with Gasteiger partial charge in [-0.2, -0.15) is 5.10 Å². The summed E-state index contributed by atoms with van der Waals surface area (Å²) in [7, 11) is 0. The summed E-state index contributed by atoms with van der Waals surface area (Å²) >= 11 is 0. The fourth-order valence-electron chi connectivity index (χ4n) is 4.84. The maximum absolute atomic E-state index is 11.6. The molecule has 14 N–H and O–H groups in total. The van der Waals surface area contributed by atoms with Crippen LogP contribution in [0.4, 0.5) is 11.4 Å². The van der Waals surface area contributed by atoms with Gasteiger partial charge in [0.05, 0.1) is 5.71 Å². The number of hydrogen-bond acceptors (Lipinski definition) is 7. The molecule has 13 nitrogen and oxygen atoms in total. The quantitative estimate of drug-likeness (QED) is 0.0315. The van der Waals surface area contributed by atoms with Crippen LogP contribution in [0.2, 0.25) is 0 Å². The number of aromatic amines is 2. The highest BCUT2D eigenvalue weighted by molar-refractivity contribution is 6.10. The first-order valence-corrected chi connectivity index (χ1v) is 15.4. The summed E-state index contributed by atoms with van der Waals surface area (Å²) in [6.45, 7) is 5.01. The molecule has 4 aromatic carbocycles. The van der Waals surface area contributed by atoms with Crippen LogP contribution in [0, 0.1) is 0 Å². The molecule has 0 atom stereocenters. The van der Waals surface area contributed by atoms with Crippen LogP contribution in [0.25, 0.3) is 21.8 Å². The van der Waals surface area contributed by atoms with Crippen molar-refractivity contribution < 1.29 is 4.79 Å². The molecule has 0 saturated heterocycles. The van der Waals surface area contributed by atoms with Crippen molar-refractivity contribution in [2.24, 2.45) is 44.1 Å². The Morgan fingerprint density at radius 3 is 1.50 bits per heavy atom. The third-order valence-corrected chi connectivity index (χ3v) is 7.28. The third-order valence-electron chi connectivity index (χ3n) is 7.28. The molecular weight excluding hydrogens is 652 g/mol. The molecule has 0 spiro atoms. The number of nitrogens with zero attached hydrogens (tertiary/aromatic N) is 3. The Morgan fingerprint density at radius 2 is 1.08 bits per heavy atom. The number of hydrazone groups is 1. The van der Waals surface area contributed by atoms with Gasteiger partial charge in [-0.3, -0.25) is 4.79 Å². The molecule has 0 aliphatic carbocycles. The Kier molecular flexibility index (Phi) is 14.3. The Labute approximate surface area is 296 Å². The second kappa shape index (κ2) is 18.8. The van der Waals surface area contributed by atoms with E-state index in [0.29, 0.717) is 0 Å². The zero-order valence-electron chi connectivity index (χ0n) is 27.9. The maximum atomic E-state index is 11.6. The number of hydrogen-bond donors (Lipinski definition) is 9. The number of H-pyrrole nitrogens is 2. The van der Waals surface area contributed by atoms with E-state index in [1.54, 1.807) is 13.1 Å². The molecule has 0 fully saturated rings. The van der Waals surface area contributed by atoms with Gasteiger partial charge in [-0.25, -0.2) is 0 Å². The summed E-state index contributed by atoms with van der Waals surface area (Å²) in [5.74, 6) is 4.44. The molecule has 2 aromatic heterocycles. The molecule has 0 bridgehead atoms. The number of aromatic nitrogens is 2. The second-order valence-corrected chi connectivity index (χ2v) is 10.9. The van der Waals surface area contributed by atoms with Crippen molar-refractivity contribution in [3.63, 3.8) is 0 Å². The zero-order chi connectivity index (χ0) is 35.2. The first-order valence-electron chi connectivity index (χ1n) is 15.4. The smallest absolute Gasteiger partial charge is 0.211 e. The van der Waals surface area contributed by atoms with Crippen LogP contribution >= 0.6 is 12.4 Å². The van der Waals surface area contributed by atoms with E-state index in [2.05, 4.69) is 72.1 Å². The summed E-state index contributed by atoms with van der Waals surface area (Å²) in [5.41, 5.74) is 29.0. The second-order valence-electron chi connectivity index (χ2n) is 10.9. The number of fused-ring (bicyclic) bond motifs is 2. The number of benzene rings is 4. The summed E-state index contributed by atoms with van der Waals surface area (Å²) in [5, 5.41) is 19.5. The molecule has 0 saturated carbocycles. The predicted octanol–water partition coefficient (Wildman–Crippen LogP) is 5.32. The zero-order valence-corrected chi connectivity index (χ0v) is 28.7. The van der Waals surface area contributed by atoms with Gasteiger partial charge < -0.3 is 49.4 Å². The van der Waals surface area contributed by atoms with Gasteiger partial charge in [-0.05, 0) is 61.4 Å². The molecule has 14 heteroatoms. The predicted molar refractivity (Wildman–Crippen MR) is 209 cm³/mol. The molecule has 0 amide bonds. The standard InChI is InChI=1S/C18H20N6.C17H16N2O.CH6N4.ClH/c1-12(23-24-18(19)20)16-11-22-17-8-7-14(9-15(16)17)21-10-13-5-3-2-4-6-13;1-12(20)16-11-19-17-8-7-14(9-15(16)17)18-10-13-5-3-2-4-6-13;2-1(3)5-4;/h2-9,11,21-22H,10H2,1H3,(H4,19,20,24);2-9,11,18-19H,10H2,1H3;4H2,(H4,2,3,5);1H/b23-12+;;;. The summed E-state index contributed by atoms with van der Waals surface area (Å²) in [4.78, 5) is 17.9. The minimum Gasteiger partial charge on any atom is -0.381 e. The van der Waals surface area contributed by atoms with Crippen LogP contribution in [0.15, 0.2) is 125 Å². The van der Waals surface area contributed by atoms with E-state index in [4.69, 9.17) is 22.9 Å². The van der Waals surface area contributed by atoms with E-state index in [1.807, 2.05) is 79.9 Å². The van der Waals surface area contributed by atoms with Crippen LogP contribution in [-0.4, -0.2) is 33.4 Å². The first kappa shape index (κ1) is 38.0. The number of carbonyl (C=O) groups excluding carboxylic acids is 1. The number of Topliss-reactive ketones (excluding diaryl/α,β-unsaturated/α-hetero) is 1. The topological polar surface area (TPSA) is 240 Å². The van der Waals surface area contributed by atoms with Gasteiger partial charge in [0.15, 0.2) is 5.78 Å². The summed E-state index contributed by atoms with van der Waals surface area (Å²) in [6, 6.07) is 32.7. The van der Waals surface area contributed by atoms with Crippen molar-refractivity contribution >= 4 is 69.0 Å². The van der Waals surface area contributed by atoms with Crippen molar-refractivity contribution in [1.29, 1.82) is 0 Å². The lowest BCUT2D eigenvalue weighted by molar-refractivity contribution is 0.101. The number of anilines is 2. The van der Waals surface area contributed by atoms with E-state index >= 15 is 0 Å². The molecule has 0 radical (unpaired) electrons. The highest BCUT2D eigenvalue weighted by Crippen LogP contribution is 2.24. The lowest BCUT2D eigenvalue weighted by Crippen LogP contribution is -2.23. The van der Waals surface area contributed by atoms with Crippen molar-refractivity contribution in [3.8, 4) is 0 Å². The number of carbonyl (C=O) groups is 1. The Morgan fingerprint density at radius 1 is 0.640 bits per heavy atom. The van der Waals surface area contributed by atoms with Crippen LogP contribution in [0.5, 0.6) is 0 Å². The molecule has 6 rings (SSSR count). The number of halogens is 1. The van der Waals surface area contributed by atoms with Crippen molar-refractivity contribution in [2.75, 3.05) is 10.6 Å². The lowest BCUT2D eigenvalue weighted by Gasteiger charge is -2.07. The molecule has 0 unspecified atom stereocenters. The van der Waals surface area contributed by atoms with Gasteiger partial charge in [0.1, 0.15) is 0 Å². The Hall–Kier alpha value is -6.47. The fourth-order valence-corrected chi connectivity index (χ4v) is 4.84. The first-order chi connectivity index (χ1) is 23.6. The average molecular weight is 695 g/mol. The lowest BCUT2D eigenvalue weighted by atomic mass is 10.1. The van der Waals surface area contributed by atoms with Gasteiger partial charge in [0, 0.05) is 69.8 Å². The number of rotatable bonds is 9. The number of guanidine groups is 2. The van der Waals surface area contributed by atoms with E-state index in [-0.39, 0.29) is 30.1 Å². The molecule has 0 aliphatic heterocycles. The van der Waals surface area contributed by atoms with Crippen LogP contribution in [-0.2, 0) is 13.1 Å². The number of nitrogens with two attached hydrogens (primary N) is 5. The minimum absolute atomic E-state index is 0. The molecule has 260 valence electrons. The van der Waals surface area contributed by atoms with E-state index < -0.39 is 0 Å². The van der Waals surface area contributed by atoms with Gasteiger partial charge in [-0.15, -0.1) is 22.6 Å². The highest BCUT2D eigenvalue weighted by Gasteiger charge is 2.09. The van der Waals surface area contributed by atoms with Crippen LogP contribution < -0.4 is 39.4 Å². The Balaban J connectivity index is 0.000000237. The SMILES string of the molecule is C/C(=N\N=C(N)N)c1c[nH]c2ccc(NCc3ccccc3)cc12.CC(=O)c1c[nH]c2ccc(NCc3ccccc3)cc12.Cl.NN=C(N)N. The molecule has 6 aromatic rings. The van der Waals surface area contributed by atoms with E-state index in [1.165, 1.54) is 11.1 Å². The molecule has 50 heavy (non-hydrogen) atoms. The van der Waals surface area contributed by atoms with Crippen LogP contribution in [0.3, 0.4) is 0 Å². The van der Waals surface area contributed by atoms with Gasteiger partial charge >= 0.3 is 0 Å². The minimum atomic E-state index is -0.0926. The monoisotopic (exact) mass is 694 g/mol. The van der Waals surface area contributed by atoms with Gasteiger partial charge in [0.25, 0.3) is 0 Å². The average Bonchev–Trinajstić information content (AvgIpc) is 3.74. The third kappa shape index (κ3) is 11.1. The number of nitrogens with one attached hydrogen (secondary N) is 4. The fraction of sp³-hybridized carbons (Fsp3) is 0.111. The largest absolute Gasteiger partial charge is 0.381 e. The molecule has 2 heterocycles. The van der Waals surface area contributed by atoms with Crippen LogP contribution in [0.1, 0.15) is 40.9 Å². The van der Waals surface area contributed by atoms with Gasteiger partial charge in [0.2, 0.25) is 11.9 Å². The molecule has 0 aliphatic rings. The maximum Gasteiger partial charge on any atom is 0.211 e.